The molecule has 6 rings (SSSR count). The van der Waals surface area contributed by atoms with Gasteiger partial charge in [0.25, 0.3) is 0 Å². The Morgan fingerprint density at radius 3 is 2.66 bits per heavy atom. The van der Waals surface area contributed by atoms with Gasteiger partial charge in [0.2, 0.25) is 0 Å². The fraction of sp³-hybridized carbons (Fsp3) is 0.519. The molecule has 32 heavy (non-hydrogen) atoms. The zero-order valence-electron chi connectivity index (χ0n) is 19.3. The Kier molecular flexibility index (Phi) is 6.07. The number of fused-ring (bicyclic) bond motifs is 7. The summed E-state index contributed by atoms with van der Waals surface area (Å²) in [5, 5.41) is 0.647. The van der Waals surface area contributed by atoms with Crippen molar-refractivity contribution in [1.29, 1.82) is 0 Å². The molecule has 0 saturated heterocycles. The Balaban J connectivity index is 1.65. The SMILES string of the molecule is COc1cc(-c2[nH]ccc2Cl)oc1C1=C2N=C3C=C2[C@@H](C(C)C)C1CCCCCCCC3. The van der Waals surface area contributed by atoms with Crippen LogP contribution in [-0.4, -0.2) is 17.8 Å². The summed E-state index contributed by atoms with van der Waals surface area (Å²) < 4.78 is 12.3. The van der Waals surface area contributed by atoms with Crippen LogP contribution in [0.5, 0.6) is 5.75 Å². The van der Waals surface area contributed by atoms with Gasteiger partial charge in [0.15, 0.2) is 17.3 Å². The van der Waals surface area contributed by atoms with Crippen LogP contribution in [0.4, 0.5) is 0 Å². The van der Waals surface area contributed by atoms with E-state index in [9.17, 15) is 0 Å². The summed E-state index contributed by atoms with van der Waals surface area (Å²) in [5.41, 5.74) is 5.80. The molecule has 0 aromatic carbocycles. The summed E-state index contributed by atoms with van der Waals surface area (Å²) >= 11 is 6.39. The molecule has 5 heteroatoms. The summed E-state index contributed by atoms with van der Waals surface area (Å²) in [7, 11) is 1.71. The molecule has 0 fully saturated rings. The number of hydrogen-bond acceptors (Lipinski definition) is 3. The molecule has 0 amide bonds. The second kappa shape index (κ2) is 8.97. The van der Waals surface area contributed by atoms with E-state index in [-0.39, 0.29) is 0 Å². The summed E-state index contributed by atoms with van der Waals surface area (Å²) in [6, 6.07) is 3.80. The largest absolute Gasteiger partial charge is 0.493 e. The lowest BCUT2D eigenvalue weighted by atomic mass is 9.77. The first kappa shape index (κ1) is 21.6. The number of halogens is 1. The first-order chi connectivity index (χ1) is 15.6. The zero-order valence-corrected chi connectivity index (χ0v) is 20.1. The summed E-state index contributed by atoms with van der Waals surface area (Å²) in [5.74, 6) is 3.69. The highest BCUT2D eigenvalue weighted by Crippen LogP contribution is 2.56. The van der Waals surface area contributed by atoms with Crippen molar-refractivity contribution in [3.05, 3.63) is 46.5 Å². The van der Waals surface area contributed by atoms with Crippen molar-refractivity contribution in [3.8, 4) is 17.2 Å². The monoisotopic (exact) mass is 452 g/mol. The molecule has 1 unspecified atom stereocenters. The fourth-order valence-electron chi connectivity index (χ4n) is 5.84. The molecular formula is C27H33ClN2O2. The van der Waals surface area contributed by atoms with Gasteiger partial charge in [-0.25, -0.2) is 0 Å². The minimum absolute atomic E-state index is 0.398. The molecule has 2 aliphatic heterocycles. The number of nitrogens with zero attached hydrogens (tertiary/aromatic N) is 1. The Labute approximate surface area is 195 Å². The van der Waals surface area contributed by atoms with E-state index in [1.165, 1.54) is 55.4 Å². The van der Waals surface area contributed by atoms with Gasteiger partial charge in [-0.2, -0.15) is 0 Å². The molecule has 4 heterocycles. The average molecular weight is 453 g/mol. The highest BCUT2D eigenvalue weighted by atomic mass is 35.5. The van der Waals surface area contributed by atoms with Gasteiger partial charge in [-0.05, 0) is 54.7 Å². The van der Waals surface area contributed by atoms with Crippen molar-refractivity contribution < 1.29 is 9.15 Å². The molecule has 2 aromatic rings. The minimum Gasteiger partial charge on any atom is -0.493 e. The first-order valence-electron chi connectivity index (χ1n) is 12.1. The van der Waals surface area contributed by atoms with Gasteiger partial charge in [-0.1, -0.05) is 57.6 Å². The maximum Gasteiger partial charge on any atom is 0.175 e. The molecule has 2 aliphatic carbocycles. The molecule has 0 spiro atoms. The van der Waals surface area contributed by atoms with Crippen LogP contribution >= 0.6 is 11.6 Å². The molecule has 2 aromatic heterocycles. The van der Waals surface area contributed by atoms with E-state index >= 15 is 0 Å². The number of aliphatic imine (C=N–C) groups is 1. The molecule has 2 atom stereocenters. The second-order valence-electron chi connectivity index (χ2n) is 9.71. The lowest BCUT2D eigenvalue weighted by molar-refractivity contribution is 0.341. The van der Waals surface area contributed by atoms with Crippen LogP contribution in [-0.2, 0) is 0 Å². The Morgan fingerprint density at radius 2 is 1.94 bits per heavy atom. The summed E-state index contributed by atoms with van der Waals surface area (Å²) in [6.45, 7) is 4.69. The fourth-order valence-corrected chi connectivity index (χ4v) is 6.05. The van der Waals surface area contributed by atoms with E-state index in [0.29, 0.717) is 28.5 Å². The van der Waals surface area contributed by atoms with Crippen molar-refractivity contribution in [1.82, 2.24) is 4.98 Å². The van der Waals surface area contributed by atoms with Crippen molar-refractivity contribution in [3.63, 3.8) is 0 Å². The smallest absolute Gasteiger partial charge is 0.175 e. The van der Waals surface area contributed by atoms with Gasteiger partial charge in [0.05, 0.1) is 17.8 Å². The summed E-state index contributed by atoms with van der Waals surface area (Å²) in [6.07, 6.45) is 14.2. The molecule has 0 radical (unpaired) electrons. The highest BCUT2D eigenvalue weighted by Gasteiger charge is 2.44. The quantitative estimate of drug-likeness (QED) is 0.509. The molecule has 1 N–H and O–H groups in total. The number of H-pyrrole nitrogens is 1. The topological polar surface area (TPSA) is 50.5 Å². The average Bonchev–Trinajstić information content (AvgIpc) is 3.51. The second-order valence-corrected chi connectivity index (χ2v) is 10.1. The lowest BCUT2D eigenvalue weighted by Gasteiger charge is -2.26. The normalized spacial score (nSPS) is 23.8. The van der Waals surface area contributed by atoms with E-state index in [4.69, 9.17) is 25.7 Å². The van der Waals surface area contributed by atoms with Crippen molar-refractivity contribution in [2.45, 2.75) is 65.2 Å². The number of hydrogen-bond donors (Lipinski definition) is 1. The number of methoxy groups -OCH3 is 1. The van der Waals surface area contributed by atoms with Gasteiger partial charge in [0.1, 0.15) is 5.69 Å². The number of aromatic amines is 1. The van der Waals surface area contributed by atoms with Gasteiger partial charge in [-0.3, -0.25) is 4.99 Å². The Hall–Kier alpha value is -2.20. The molecule has 4 nitrogen and oxygen atoms in total. The predicted octanol–water partition coefficient (Wildman–Crippen LogP) is 8.07. The van der Waals surface area contributed by atoms with Crippen LogP contribution in [0, 0.1) is 17.8 Å². The first-order valence-corrected chi connectivity index (χ1v) is 12.5. The maximum atomic E-state index is 6.50. The third kappa shape index (κ3) is 3.77. The van der Waals surface area contributed by atoms with E-state index in [2.05, 4.69) is 24.9 Å². The summed E-state index contributed by atoms with van der Waals surface area (Å²) in [4.78, 5) is 8.38. The van der Waals surface area contributed by atoms with Crippen LogP contribution in [0.3, 0.4) is 0 Å². The number of aromatic nitrogens is 1. The van der Waals surface area contributed by atoms with Crippen LogP contribution in [0.25, 0.3) is 17.0 Å². The van der Waals surface area contributed by atoms with Gasteiger partial charge in [-0.15, -0.1) is 0 Å². The number of nitrogens with one attached hydrogen (secondary N) is 1. The minimum atomic E-state index is 0.398. The zero-order chi connectivity index (χ0) is 22.2. The van der Waals surface area contributed by atoms with Crippen LogP contribution < -0.4 is 4.74 Å². The van der Waals surface area contributed by atoms with Gasteiger partial charge >= 0.3 is 0 Å². The maximum absolute atomic E-state index is 6.50. The Morgan fingerprint density at radius 1 is 1.16 bits per heavy atom. The van der Waals surface area contributed by atoms with E-state index in [0.717, 1.165) is 35.7 Å². The number of ether oxygens (including phenoxy) is 1. The van der Waals surface area contributed by atoms with Crippen molar-refractivity contribution in [2.75, 3.05) is 7.11 Å². The van der Waals surface area contributed by atoms with Crippen molar-refractivity contribution >= 4 is 22.9 Å². The van der Waals surface area contributed by atoms with Gasteiger partial charge in [0, 0.05) is 23.5 Å². The van der Waals surface area contributed by atoms with E-state index in [1.54, 1.807) is 7.11 Å². The lowest BCUT2D eigenvalue weighted by Crippen LogP contribution is -2.19. The standard InChI is InChI=1S/C27H33ClN2O2/c1-16(2)23-18-11-9-7-5-4-6-8-10-17-14-19(23)25(30-17)24(18)27-22(31-3)15-21(32-27)26-20(28)12-13-29-26/h12-16,18,23,29H,4-11H2,1-3H3/t18?,23-/m0/s1. The Bertz CT molecular complexity index is 1090. The number of furan rings is 1. The van der Waals surface area contributed by atoms with E-state index in [1.807, 2.05) is 18.3 Å². The predicted molar refractivity (Wildman–Crippen MR) is 131 cm³/mol. The third-order valence-corrected chi connectivity index (χ3v) is 7.61. The number of rotatable bonds is 4. The third-order valence-electron chi connectivity index (χ3n) is 7.29. The number of allylic oxidation sites excluding steroid dienone is 3. The molecule has 170 valence electrons. The van der Waals surface area contributed by atoms with E-state index < -0.39 is 0 Å². The highest BCUT2D eigenvalue weighted by molar-refractivity contribution is 6.33. The van der Waals surface area contributed by atoms with Gasteiger partial charge < -0.3 is 14.1 Å². The van der Waals surface area contributed by atoms with Crippen LogP contribution in [0.2, 0.25) is 5.02 Å². The van der Waals surface area contributed by atoms with Crippen molar-refractivity contribution in [2.24, 2.45) is 22.7 Å². The van der Waals surface area contributed by atoms with Crippen LogP contribution in [0.1, 0.15) is 71.0 Å². The van der Waals surface area contributed by atoms with Crippen LogP contribution in [0.15, 0.2) is 45.1 Å². The molecule has 4 aliphatic rings. The molecule has 0 saturated carbocycles. The molecular weight excluding hydrogens is 420 g/mol. The molecule has 4 bridgehead atoms.